The predicted molar refractivity (Wildman–Crippen MR) is 70.7 cm³/mol. The Morgan fingerprint density at radius 1 is 1.50 bits per heavy atom. The molecule has 0 bridgehead atoms. The molecule has 0 fully saturated rings. The Balaban J connectivity index is 3.16. The molecule has 1 rings (SSSR count). The molecule has 0 aliphatic carbocycles. The second-order valence-corrected chi connectivity index (χ2v) is 4.98. The van der Waals surface area contributed by atoms with E-state index in [0.29, 0.717) is 5.69 Å². The van der Waals surface area contributed by atoms with Gasteiger partial charge in [0.25, 0.3) is 0 Å². The Kier molecular flexibility index (Phi) is 3.58. The SMILES string of the molecule is C=CCN(c1ncc(N)cc1C)C(C)(C)C. The van der Waals surface area contributed by atoms with Crippen LogP contribution in [0.2, 0.25) is 0 Å². The van der Waals surface area contributed by atoms with Crippen molar-refractivity contribution in [1.82, 2.24) is 4.98 Å². The van der Waals surface area contributed by atoms with Crippen LogP contribution in [0, 0.1) is 6.92 Å². The van der Waals surface area contributed by atoms with E-state index in [0.717, 1.165) is 17.9 Å². The third-order valence-corrected chi connectivity index (χ3v) is 2.45. The maximum Gasteiger partial charge on any atom is 0.132 e. The molecular formula is C13H21N3. The van der Waals surface area contributed by atoms with E-state index in [2.05, 4.69) is 37.2 Å². The fourth-order valence-electron chi connectivity index (χ4n) is 1.68. The van der Waals surface area contributed by atoms with Crippen LogP contribution in [0.5, 0.6) is 0 Å². The number of aryl methyl sites for hydroxylation is 1. The van der Waals surface area contributed by atoms with Crippen LogP contribution in [0.3, 0.4) is 0 Å². The summed E-state index contributed by atoms with van der Waals surface area (Å²) in [5.74, 6) is 0.974. The van der Waals surface area contributed by atoms with Gasteiger partial charge in [-0.15, -0.1) is 6.58 Å². The molecule has 0 amide bonds. The summed E-state index contributed by atoms with van der Waals surface area (Å²) in [7, 11) is 0. The highest BCUT2D eigenvalue weighted by molar-refractivity contribution is 5.54. The number of nitrogens with two attached hydrogens (primary N) is 1. The van der Waals surface area contributed by atoms with Gasteiger partial charge in [-0.25, -0.2) is 4.98 Å². The number of nitrogen functional groups attached to an aromatic ring is 1. The highest BCUT2D eigenvalue weighted by atomic mass is 15.2. The van der Waals surface area contributed by atoms with E-state index in [1.54, 1.807) is 6.20 Å². The average Bonchev–Trinajstić information content (AvgIpc) is 2.13. The number of aromatic nitrogens is 1. The summed E-state index contributed by atoms with van der Waals surface area (Å²) >= 11 is 0. The first-order valence-electron chi connectivity index (χ1n) is 5.47. The smallest absolute Gasteiger partial charge is 0.132 e. The maximum absolute atomic E-state index is 5.71. The van der Waals surface area contributed by atoms with Crippen molar-refractivity contribution in [3.63, 3.8) is 0 Å². The lowest BCUT2D eigenvalue weighted by atomic mass is 10.0. The number of hydrogen-bond donors (Lipinski definition) is 1. The molecule has 2 N–H and O–H groups in total. The van der Waals surface area contributed by atoms with Gasteiger partial charge in [0, 0.05) is 12.1 Å². The first kappa shape index (κ1) is 12.6. The van der Waals surface area contributed by atoms with Gasteiger partial charge in [0.05, 0.1) is 11.9 Å². The third-order valence-electron chi connectivity index (χ3n) is 2.45. The van der Waals surface area contributed by atoms with Crippen molar-refractivity contribution >= 4 is 11.5 Å². The normalized spacial score (nSPS) is 11.2. The number of rotatable bonds is 3. The molecule has 0 aliphatic rings. The zero-order chi connectivity index (χ0) is 12.3. The van der Waals surface area contributed by atoms with Crippen molar-refractivity contribution in [2.45, 2.75) is 33.2 Å². The van der Waals surface area contributed by atoms with E-state index < -0.39 is 0 Å². The zero-order valence-corrected chi connectivity index (χ0v) is 10.6. The van der Waals surface area contributed by atoms with E-state index >= 15 is 0 Å². The summed E-state index contributed by atoms with van der Waals surface area (Å²) in [6.45, 7) is 13.1. The molecule has 0 atom stereocenters. The lowest BCUT2D eigenvalue weighted by molar-refractivity contribution is 0.516. The fraction of sp³-hybridized carbons (Fsp3) is 0.462. The first-order chi connectivity index (χ1) is 7.36. The molecule has 0 saturated carbocycles. The summed E-state index contributed by atoms with van der Waals surface area (Å²) in [6.07, 6.45) is 3.59. The molecular weight excluding hydrogens is 198 g/mol. The molecule has 0 saturated heterocycles. The number of anilines is 2. The standard InChI is InChI=1S/C13H21N3/c1-6-7-16(13(3,4)5)12-10(2)8-11(14)9-15-12/h6,8-9H,1,7,14H2,2-5H3. The minimum Gasteiger partial charge on any atom is -0.397 e. The number of hydrogen-bond acceptors (Lipinski definition) is 3. The van der Waals surface area contributed by atoms with Crippen LogP contribution >= 0.6 is 0 Å². The van der Waals surface area contributed by atoms with Crippen molar-refractivity contribution in [3.05, 3.63) is 30.5 Å². The van der Waals surface area contributed by atoms with Gasteiger partial charge in [-0.1, -0.05) is 6.08 Å². The molecule has 3 nitrogen and oxygen atoms in total. The Hall–Kier alpha value is -1.51. The van der Waals surface area contributed by atoms with Crippen LogP contribution in [0.25, 0.3) is 0 Å². The van der Waals surface area contributed by atoms with Gasteiger partial charge in [-0.3, -0.25) is 0 Å². The Morgan fingerprint density at radius 2 is 2.12 bits per heavy atom. The lowest BCUT2D eigenvalue weighted by Gasteiger charge is -2.36. The molecule has 88 valence electrons. The summed E-state index contributed by atoms with van der Waals surface area (Å²) in [5.41, 5.74) is 7.52. The van der Waals surface area contributed by atoms with Crippen LogP contribution in [0.15, 0.2) is 24.9 Å². The quantitative estimate of drug-likeness (QED) is 0.795. The molecule has 0 aliphatic heterocycles. The Morgan fingerprint density at radius 3 is 2.56 bits per heavy atom. The lowest BCUT2D eigenvalue weighted by Crippen LogP contribution is -2.42. The van der Waals surface area contributed by atoms with Crippen LogP contribution in [-0.2, 0) is 0 Å². The van der Waals surface area contributed by atoms with Crippen molar-refractivity contribution in [1.29, 1.82) is 0 Å². The maximum atomic E-state index is 5.71. The topological polar surface area (TPSA) is 42.2 Å². The Bertz CT molecular complexity index is 377. The van der Waals surface area contributed by atoms with Gasteiger partial charge in [0.15, 0.2) is 0 Å². The third kappa shape index (κ3) is 2.75. The highest BCUT2D eigenvalue weighted by Crippen LogP contribution is 2.25. The van der Waals surface area contributed by atoms with Gasteiger partial charge in [-0.2, -0.15) is 0 Å². The van der Waals surface area contributed by atoms with Crippen molar-refractivity contribution in [3.8, 4) is 0 Å². The minimum atomic E-state index is 0.0159. The minimum absolute atomic E-state index is 0.0159. The monoisotopic (exact) mass is 219 g/mol. The van der Waals surface area contributed by atoms with Crippen molar-refractivity contribution in [2.75, 3.05) is 17.2 Å². The average molecular weight is 219 g/mol. The first-order valence-corrected chi connectivity index (χ1v) is 5.47. The van der Waals surface area contributed by atoms with E-state index in [9.17, 15) is 0 Å². The molecule has 16 heavy (non-hydrogen) atoms. The molecule has 1 heterocycles. The summed E-state index contributed by atoms with van der Waals surface area (Å²) < 4.78 is 0. The molecule has 1 aromatic rings. The zero-order valence-electron chi connectivity index (χ0n) is 10.6. The van der Waals surface area contributed by atoms with Crippen LogP contribution in [0.4, 0.5) is 11.5 Å². The largest absolute Gasteiger partial charge is 0.397 e. The second-order valence-electron chi connectivity index (χ2n) is 4.98. The van der Waals surface area contributed by atoms with Gasteiger partial charge in [-0.05, 0) is 39.3 Å². The van der Waals surface area contributed by atoms with Crippen LogP contribution in [-0.4, -0.2) is 17.1 Å². The predicted octanol–water partition coefficient (Wildman–Crippen LogP) is 2.76. The fourth-order valence-corrected chi connectivity index (χ4v) is 1.68. The Labute approximate surface area is 98.0 Å². The number of nitrogens with zero attached hydrogens (tertiary/aromatic N) is 2. The molecule has 0 radical (unpaired) electrons. The van der Waals surface area contributed by atoms with Gasteiger partial charge < -0.3 is 10.6 Å². The highest BCUT2D eigenvalue weighted by Gasteiger charge is 2.22. The summed E-state index contributed by atoms with van der Waals surface area (Å²) in [6, 6.07) is 1.95. The number of pyridine rings is 1. The molecule has 0 unspecified atom stereocenters. The van der Waals surface area contributed by atoms with E-state index in [1.165, 1.54) is 0 Å². The van der Waals surface area contributed by atoms with Crippen LogP contribution < -0.4 is 10.6 Å². The van der Waals surface area contributed by atoms with Crippen molar-refractivity contribution < 1.29 is 0 Å². The van der Waals surface area contributed by atoms with Crippen molar-refractivity contribution in [2.24, 2.45) is 0 Å². The van der Waals surface area contributed by atoms with Gasteiger partial charge in [0.1, 0.15) is 5.82 Å². The van der Waals surface area contributed by atoms with Crippen LogP contribution in [0.1, 0.15) is 26.3 Å². The molecule has 3 heteroatoms. The van der Waals surface area contributed by atoms with E-state index in [-0.39, 0.29) is 5.54 Å². The molecule has 1 aromatic heterocycles. The summed E-state index contributed by atoms with van der Waals surface area (Å²) in [5, 5.41) is 0. The molecule has 0 spiro atoms. The summed E-state index contributed by atoms with van der Waals surface area (Å²) in [4.78, 5) is 6.63. The van der Waals surface area contributed by atoms with Gasteiger partial charge in [0.2, 0.25) is 0 Å². The van der Waals surface area contributed by atoms with Gasteiger partial charge >= 0.3 is 0 Å². The second kappa shape index (κ2) is 4.56. The van der Waals surface area contributed by atoms with E-state index in [4.69, 9.17) is 5.73 Å². The van der Waals surface area contributed by atoms with E-state index in [1.807, 2.05) is 19.1 Å². The molecule has 0 aromatic carbocycles.